The number of carbonyl (C=O) groups excluding carboxylic acids is 1. The topological polar surface area (TPSA) is 105 Å². The van der Waals surface area contributed by atoms with Crippen molar-refractivity contribution in [3.63, 3.8) is 0 Å². The summed E-state index contributed by atoms with van der Waals surface area (Å²) in [4.78, 5) is 17.9. The van der Waals surface area contributed by atoms with Crippen LogP contribution in [0.25, 0.3) is 0 Å². The van der Waals surface area contributed by atoms with Gasteiger partial charge >= 0.3 is 0 Å². The van der Waals surface area contributed by atoms with E-state index in [2.05, 4.69) is 10.3 Å². The average Bonchev–Trinajstić information content (AvgIpc) is 2.87. The molecule has 7 nitrogen and oxygen atoms in total. The van der Waals surface area contributed by atoms with Crippen molar-refractivity contribution >= 4 is 32.4 Å². The number of nitrogens with zero attached hydrogens (tertiary/aromatic N) is 2. The number of primary sulfonamides is 1. The summed E-state index contributed by atoms with van der Waals surface area (Å²) < 4.78 is 22.5. The van der Waals surface area contributed by atoms with E-state index in [1.165, 1.54) is 6.20 Å². The standard InChI is InChI=1S/C13H22N4O3S2/c1-9(2)7-11(18)17-5-3-10(4-6-17)16-13-15-8-12(21-13)22(14,19)20/h8-10H,3-7H2,1-2H3,(H,15,16)(H2,14,19,20). The highest BCUT2D eigenvalue weighted by molar-refractivity contribution is 7.91. The molecule has 1 aromatic rings. The molecule has 0 aliphatic carbocycles. The van der Waals surface area contributed by atoms with Crippen LogP contribution in [0.1, 0.15) is 33.1 Å². The zero-order chi connectivity index (χ0) is 16.3. The van der Waals surface area contributed by atoms with Gasteiger partial charge in [0.25, 0.3) is 0 Å². The lowest BCUT2D eigenvalue weighted by molar-refractivity contribution is -0.132. The average molecular weight is 346 g/mol. The first-order valence-corrected chi connectivity index (χ1v) is 9.65. The molecule has 1 aromatic heterocycles. The van der Waals surface area contributed by atoms with Crippen LogP contribution in [0.2, 0.25) is 0 Å². The molecule has 3 N–H and O–H groups in total. The second-order valence-corrected chi connectivity index (χ2v) is 8.75. The minimum atomic E-state index is -3.69. The van der Waals surface area contributed by atoms with E-state index in [-0.39, 0.29) is 16.2 Å². The summed E-state index contributed by atoms with van der Waals surface area (Å²) in [6.07, 6.45) is 3.51. The molecule has 9 heteroatoms. The lowest BCUT2D eigenvalue weighted by Gasteiger charge is -2.32. The lowest BCUT2D eigenvalue weighted by atomic mass is 10.0. The highest BCUT2D eigenvalue weighted by Crippen LogP contribution is 2.24. The first kappa shape index (κ1) is 17.2. The second kappa shape index (κ2) is 6.93. The highest BCUT2D eigenvalue weighted by atomic mass is 32.2. The number of carbonyl (C=O) groups is 1. The predicted octanol–water partition coefficient (Wildman–Crippen LogP) is 1.24. The van der Waals surface area contributed by atoms with Crippen LogP contribution in [-0.4, -0.2) is 43.3 Å². The van der Waals surface area contributed by atoms with Gasteiger partial charge in [-0.1, -0.05) is 25.2 Å². The maximum absolute atomic E-state index is 12.0. The number of anilines is 1. The highest BCUT2D eigenvalue weighted by Gasteiger charge is 2.24. The van der Waals surface area contributed by atoms with E-state index < -0.39 is 10.0 Å². The van der Waals surface area contributed by atoms with E-state index in [1.54, 1.807) is 0 Å². The van der Waals surface area contributed by atoms with Gasteiger partial charge in [-0.15, -0.1) is 0 Å². The number of nitrogens with two attached hydrogens (primary N) is 1. The zero-order valence-electron chi connectivity index (χ0n) is 12.8. The summed E-state index contributed by atoms with van der Waals surface area (Å²) in [5.74, 6) is 0.578. The van der Waals surface area contributed by atoms with E-state index in [9.17, 15) is 13.2 Å². The summed E-state index contributed by atoms with van der Waals surface area (Å²) in [7, 11) is -3.69. The van der Waals surface area contributed by atoms with Gasteiger partial charge in [-0.25, -0.2) is 18.5 Å². The van der Waals surface area contributed by atoms with Crippen LogP contribution >= 0.6 is 11.3 Å². The molecule has 0 saturated carbocycles. The molecule has 1 saturated heterocycles. The molecule has 1 aliphatic rings. The van der Waals surface area contributed by atoms with Crippen LogP contribution in [0.3, 0.4) is 0 Å². The summed E-state index contributed by atoms with van der Waals surface area (Å²) in [6.45, 7) is 5.52. The Morgan fingerprint density at radius 3 is 2.64 bits per heavy atom. The Balaban J connectivity index is 1.85. The third kappa shape index (κ3) is 4.65. The van der Waals surface area contributed by atoms with E-state index in [0.717, 1.165) is 37.3 Å². The number of hydrogen-bond donors (Lipinski definition) is 2. The monoisotopic (exact) mass is 346 g/mol. The minimum Gasteiger partial charge on any atom is -0.359 e. The Hall–Kier alpha value is -1.19. The van der Waals surface area contributed by atoms with Gasteiger partial charge in [-0.2, -0.15) is 0 Å². The molecular formula is C13H22N4O3S2. The molecule has 0 spiro atoms. The van der Waals surface area contributed by atoms with Crippen molar-refractivity contribution < 1.29 is 13.2 Å². The summed E-state index contributed by atoms with van der Waals surface area (Å²) in [5, 5.41) is 8.84. The van der Waals surface area contributed by atoms with Gasteiger partial charge in [0.1, 0.15) is 0 Å². The molecule has 0 bridgehead atoms. The van der Waals surface area contributed by atoms with Crippen molar-refractivity contribution in [3.05, 3.63) is 6.20 Å². The SMILES string of the molecule is CC(C)CC(=O)N1CCC(Nc2ncc(S(N)(=O)=O)s2)CC1. The van der Waals surface area contributed by atoms with E-state index in [1.807, 2.05) is 18.7 Å². The fourth-order valence-corrected chi connectivity index (χ4v) is 3.91. The number of aromatic nitrogens is 1. The zero-order valence-corrected chi connectivity index (χ0v) is 14.4. The molecule has 22 heavy (non-hydrogen) atoms. The van der Waals surface area contributed by atoms with E-state index in [4.69, 9.17) is 5.14 Å². The summed E-state index contributed by atoms with van der Waals surface area (Å²) in [6, 6.07) is 0.197. The van der Waals surface area contributed by atoms with Crippen molar-refractivity contribution in [3.8, 4) is 0 Å². The van der Waals surface area contributed by atoms with Gasteiger partial charge in [0.15, 0.2) is 9.34 Å². The molecule has 1 aliphatic heterocycles. The fourth-order valence-electron chi connectivity index (χ4n) is 2.38. The van der Waals surface area contributed by atoms with Gasteiger partial charge in [0, 0.05) is 25.6 Å². The van der Waals surface area contributed by atoms with Gasteiger partial charge in [-0.3, -0.25) is 4.79 Å². The molecule has 0 radical (unpaired) electrons. The fraction of sp³-hybridized carbons (Fsp3) is 0.692. The molecular weight excluding hydrogens is 324 g/mol. The minimum absolute atomic E-state index is 0.0551. The third-order valence-corrected chi connectivity index (χ3v) is 5.86. The summed E-state index contributed by atoms with van der Waals surface area (Å²) >= 11 is 1.03. The molecule has 0 aromatic carbocycles. The quantitative estimate of drug-likeness (QED) is 0.834. The van der Waals surface area contributed by atoms with E-state index >= 15 is 0 Å². The van der Waals surface area contributed by atoms with Crippen molar-refractivity contribution in [2.45, 2.75) is 43.4 Å². The Morgan fingerprint density at radius 2 is 2.14 bits per heavy atom. The van der Waals surface area contributed by atoms with Crippen LogP contribution in [0.4, 0.5) is 5.13 Å². The normalized spacial score (nSPS) is 17.0. The number of rotatable bonds is 5. The number of amides is 1. The van der Waals surface area contributed by atoms with E-state index in [0.29, 0.717) is 17.5 Å². The molecule has 0 atom stereocenters. The van der Waals surface area contributed by atoms with Crippen LogP contribution in [0, 0.1) is 5.92 Å². The van der Waals surface area contributed by atoms with Crippen LogP contribution in [0.5, 0.6) is 0 Å². The number of hydrogen-bond acceptors (Lipinski definition) is 6. The largest absolute Gasteiger partial charge is 0.359 e. The predicted molar refractivity (Wildman–Crippen MR) is 86.2 cm³/mol. The maximum atomic E-state index is 12.0. The molecule has 124 valence electrons. The van der Waals surface area contributed by atoms with Crippen LogP contribution in [0.15, 0.2) is 10.4 Å². The second-order valence-electron chi connectivity index (χ2n) is 5.93. The molecule has 1 fully saturated rings. The number of likely N-dealkylation sites (tertiary alicyclic amines) is 1. The molecule has 2 heterocycles. The van der Waals surface area contributed by atoms with Crippen LogP contribution < -0.4 is 10.5 Å². The Bertz CT molecular complexity index is 619. The number of sulfonamides is 1. The third-order valence-electron chi connectivity index (χ3n) is 3.52. The first-order chi connectivity index (χ1) is 10.3. The Morgan fingerprint density at radius 1 is 1.50 bits per heavy atom. The van der Waals surface area contributed by atoms with Gasteiger partial charge < -0.3 is 10.2 Å². The molecule has 2 rings (SSSR count). The first-order valence-electron chi connectivity index (χ1n) is 7.28. The number of piperidine rings is 1. The van der Waals surface area contributed by atoms with Gasteiger partial charge in [-0.05, 0) is 18.8 Å². The number of nitrogens with one attached hydrogen (secondary N) is 1. The Kier molecular flexibility index (Phi) is 5.41. The van der Waals surface area contributed by atoms with Gasteiger partial charge in [0.05, 0.1) is 6.20 Å². The molecule has 0 unspecified atom stereocenters. The smallest absolute Gasteiger partial charge is 0.249 e. The summed E-state index contributed by atoms with van der Waals surface area (Å²) in [5.41, 5.74) is 0. The molecule has 1 amide bonds. The lowest BCUT2D eigenvalue weighted by Crippen LogP contribution is -2.42. The van der Waals surface area contributed by atoms with Gasteiger partial charge in [0.2, 0.25) is 15.9 Å². The number of thiazole rings is 1. The van der Waals surface area contributed by atoms with Crippen molar-refractivity contribution in [2.75, 3.05) is 18.4 Å². The Labute approximate surface area is 135 Å². The van der Waals surface area contributed by atoms with Crippen molar-refractivity contribution in [1.29, 1.82) is 0 Å². The van der Waals surface area contributed by atoms with Crippen molar-refractivity contribution in [1.82, 2.24) is 9.88 Å². The van der Waals surface area contributed by atoms with Crippen LogP contribution in [-0.2, 0) is 14.8 Å². The van der Waals surface area contributed by atoms with Crippen molar-refractivity contribution in [2.24, 2.45) is 11.1 Å². The maximum Gasteiger partial charge on any atom is 0.249 e.